The molecule has 0 spiro atoms. The molecule has 2 aromatic heterocycles. The number of hydrogen-bond acceptors (Lipinski definition) is 6. The van der Waals surface area contributed by atoms with Crippen molar-refractivity contribution in [3.63, 3.8) is 0 Å². The molecule has 164 valence electrons. The third-order valence-electron chi connectivity index (χ3n) is 5.38. The number of oxazole rings is 1. The quantitative estimate of drug-likeness (QED) is 0.448. The summed E-state index contributed by atoms with van der Waals surface area (Å²) in [4.78, 5) is 3.82. The molecule has 1 aromatic carbocycles. The second-order valence-electron chi connectivity index (χ2n) is 7.84. The van der Waals surface area contributed by atoms with E-state index in [-0.39, 0.29) is 5.09 Å². The summed E-state index contributed by atoms with van der Waals surface area (Å²) in [7, 11) is -3.88. The minimum Gasteiger partial charge on any atom is -0.440 e. The Morgan fingerprint density at radius 2 is 2.00 bits per heavy atom. The van der Waals surface area contributed by atoms with E-state index in [4.69, 9.17) is 8.83 Å². The molecule has 0 bridgehead atoms. The Kier molecular flexibility index (Phi) is 6.58. The van der Waals surface area contributed by atoms with Crippen LogP contribution in [-0.4, -0.2) is 19.4 Å². The van der Waals surface area contributed by atoms with Crippen molar-refractivity contribution in [2.24, 2.45) is 0 Å². The van der Waals surface area contributed by atoms with E-state index in [2.05, 4.69) is 28.0 Å². The molecule has 7 nitrogen and oxygen atoms in total. The Bertz CT molecular complexity index is 1130. The zero-order chi connectivity index (χ0) is 21.7. The van der Waals surface area contributed by atoms with Crippen molar-refractivity contribution >= 4 is 15.7 Å². The molecule has 1 aliphatic rings. The van der Waals surface area contributed by atoms with Crippen LogP contribution in [0.5, 0.6) is 0 Å². The fourth-order valence-electron chi connectivity index (χ4n) is 3.74. The summed E-state index contributed by atoms with van der Waals surface area (Å²) < 4.78 is 39.0. The standard InChI is InChI=1S/C23H27N3O4S/c1-17(13-18-7-3-2-4-8-18)25-14-19-9-5-6-10-20(19)26-31(27,28)23-12-11-21(30-23)22-15-24-16-29-22/h5-7,9-12,15-17,25-26H,2-4,8,13-14H2,1H3. The van der Waals surface area contributed by atoms with Crippen LogP contribution in [0, 0.1) is 0 Å². The second kappa shape index (κ2) is 9.53. The number of benzene rings is 1. The summed E-state index contributed by atoms with van der Waals surface area (Å²) in [6, 6.07) is 10.6. The first-order valence-corrected chi connectivity index (χ1v) is 12.0. The van der Waals surface area contributed by atoms with Gasteiger partial charge in [0.15, 0.2) is 17.9 Å². The average molecular weight is 442 g/mol. The van der Waals surface area contributed by atoms with Crippen LogP contribution in [0.2, 0.25) is 0 Å². The summed E-state index contributed by atoms with van der Waals surface area (Å²) in [5.74, 6) is 0.673. The minimum absolute atomic E-state index is 0.181. The van der Waals surface area contributed by atoms with Gasteiger partial charge in [0.2, 0.25) is 5.09 Å². The first kappa shape index (κ1) is 21.4. The maximum absolute atomic E-state index is 12.9. The van der Waals surface area contributed by atoms with E-state index < -0.39 is 10.0 Å². The van der Waals surface area contributed by atoms with Gasteiger partial charge in [-0.3, -0.25) is 4.72 Å². The van der Waals surface area contributed by atoms with Gasteiger partial charge in [-0.25, -0.2) is 4.98 Å². The molecule has 4 rings (SSSR count). The highest BCUT2D eigenvalue weighted by Crippen LogP contribution is 2.27. The van der Waals surface area contributed by atoms with E-state index in [1.807, 2.05) is 12.1 Å². The molecule has 0 radical (unpaired) electrons. The first-order chi connectivity index (χ1) is 15.0. The lowest BCUT2D eigenvalue weighted by Crippen LogP contribution is -2.27. The smallest absolute Gasteiger partial charge is 0.295 e. The Morgan fingerprint density at radius 3 is 2.77 bits per heavy atom. The van der Waals surface area contributed by atoms with E-state index in [1.165, 1.54) is 49.9 Å². The summed E-state index contributed by atoms with van der Waals surface area (Å²) in [6.07, 6.45) is 11.0. The molecule has 0 saturated carbocycles. The van der Waals surface area contributed by atoms with Crippen molar-refractivity contribution in [1.82, 2.24) is 10.3 Å². The zero-order valence-electron chi connectivity index (χ0n) is 17.5. The molecule has 2 N–H and O–H groups in total. The van der Waals surface area contributed by atoms with Gasteiger partial charge in [0.25, 0.3) is 10.0 Å². The lowest BCUT2D eigenvalue weighted by molar-refractivity contribution is 0.446. The van der Waals surface area contributed by atoms with E-state index in [0.717, 1.165) is 12.0 Å². The highest BCUT2D eigenvalue weighted by atomic mass is 32.2. The number of nitrogens with zero attached hydrogens (tertiary/aromatic N) is 1. The second-order valence-corrected chi connectivity index (χ2v) is 9.45. The van der Waals surface area contributed by atoms with Gasteiger partial charge in [-0.1, -0.05) is 29.8 Å². The molecule has 0 amide bonds. The first-order valence-electron chi connectivity index (χ1n) is 10.5. The lowest BCUT2D eigenvalue weighted by Gasteiger charge is -2.19. The Hall–Kier alpha value is -2.84. The molecule has 2 heterocycles. The van der Waals surface area contributed by atoms with Crippen LogP contribution >= 0.6 is 0 Å². The predicted molar refractivity (Wildman–Crippen MR) is 119 cm³/mol. The number of aromatic nitrogens is 1. The summed E-state index contributed by atoms with van der Waals surface area (Å²) in [5, 5.41) is 3.34. The molecule has 31 heavy (non-hydrogen) atoms. The lowest BCUT2D eigenvalue weighted by atomic mass is 9.95. The zero-order valence-corrected chi connectivity index (χ0v) is 18.3. The minimum atomic E-state index is -3.88. The van der Waals surface area contributed by atoms with Crippen LogP contribution in [0.25, 0.3) is 11.5 Å². The number of anilines is 1. The summed E-state index contributed by atoms with van der Waals surface area (Å²) in [5.41, 5.74) is 2.91. The summed E-state index contributed by atoms with van der Waals surface area (Å²) >= 11 is 0. The maximum Gasteiger partial charge on any atom is 0.295 e. The maximum atomic E-state index is 12.9. The molecular weight excluding hydrogens is 414 g/mol. The average Bonchev–Trinajstić information content (AvgIpc) is 3.46. The third-order valence-corrected chi connectivity index (χ3v) is 6.62. The van der Waals surface area contributed by atoms with Crippen LogP contribution in [0.3, 0.4) is 0 Å². The largest absolute Gasteiger partial charge is 0.440 e. The summed E-state index contributed by atoms with van der Waals surface area (Å²) in [6.45, 7) is 2.73. The van der Waals surface area contributed by atoms with Crippen molar-refractivity contribution in [1.29, 1.82) is 0 Å². The Morgan fingerprint density at radius 1 is 1.13 bits per heavy atom. The number of nitrogens with one attached hydrogen (secondary N) is 2. The molecule has 3 aromatic rings. The van der Waals surface area contributed by atoms with Crippen molar-refractivity contribution in [3.8, 4) is 11.5 Å². The fourth-order valence-corrected chi connectivity index (χ4v) is 4.78. The van der Waals surface area contributed by atoms with Gasteiger partial charge < -0.3 is 14.2 Å². The number of rotatable bonds is 9. The molecule has 8 heteroatoms. The fraction of sp³-hybridized carbons (Fsp3) is 0.348. The van der Waals surface area contributed by atoms with Crippen molar-refractivity contribution in [2.45, 2.75) is 56.7 Å². The molecule has 1 atom stereocenters. The van der Waals surface area contributed by atoms with Gasteiger partial charge in [-0.2, -0.15) is 8.42 Å². The van der Waals surface area contributed by atoms with Crippen molar-refractivity contribution in [2.75, 3.05) is 4.72 Å². The van der Waals surface area contributed by atoms with Crippen LogP contribution in [0.4, 0.5) is 5.69 Å². The SMILES string of the molecule is CC(CC1=CCCCC1)NCc1ccccc1NS(=O)(=O)c1ccc(-c2cnco2)o1. The molecule has 1 aliphatic carbocycles. The van der Waals surface area contributed by atoms with E-state index in [1.54, 1.807) is 18.2 Å². The van der Waals surface area contributed by atoms with Gasteiger partial charge in [0, 0.05) is 12.6 Å². The third kappa shape index (κ3) is 5.45. The number of allylic oxidation sites excluding steroid dienone is 1. The van der Waals surface area contributed by atoms with Gasteiger partial charge in [-0.05, 0) is 62.8 Å². The molecular formula is C23H27N3O4S. The van der Waals surface area contributed by atoms with E-state index in [9.17, 15) is 8.42 Å². The van der Waals surface area contributed by atoms with Gasteiger partial charge in [-0.15, -0.1) is 0 Å². The monoisotopic (exact) mass is 441 g/mol. The predicted octanol–water partition coefficient (Wildman–Crippen LogP) is 5.10. The van der Waals surface area contributed by atoms with E-state index >= 15 is 0 Å². The van der Waals surface area contributed by atoms with Crippen LogP contribution in [-0.2, 0) is 16.6 Å². The Balaban J connectivity index is 1.42. The van der Waals surface area contributed by atoms with Gasteiger partial charge in [0.1, 0.15) is 0 Å². The molecule has 0 aliphatic heterocycles. The van der Waals surface area contributed by atoms with Crippen molar-refractivity contribution in [3.05, 3.63) is 66.2 Å². The number of hydrogen-bond donors (Lipinski definition) is 2. The Labute approximate surface area is 182 Å². The normalized spacial score (nSPS) is 15.5. The highest BCUT2D eigenvalue weighted by molar-refractivity contribution is 7.92. The number of para-hydroxylation sites is 1. The van der Waals surface area contributed by atoms with Crippen molar-refractivity contribution < 1.29 is 17.3 Å². The highest BCUT2D eigenvalue weighted by Gasteiger charge is 2.21. The van der Waals surface area contributed by atoms with Gasteiger partial charge >= 0.3 is 0 Å². The number of furan rings is 1. The van der Waals surface area contributed by atoms with Crippen LogP contribution in [0.1, 0.15) is 44.6 Å². The molecule has 1 unspecified atom stereocenters. The van der Waals surface area contributed by atoms with E-state index in [0.29, 0.717) is 29.8 Å². The topological polar surface area (TPSA) is 97.4 Å². The number of sulfonamides is 1. The van der Waals surface area contributed by atoms with Gasteiger partial charge in [0.05, 0.1) is 11.9 Å². The van der Waals surface area contributed by atoms with Crippen LogP contribution < -0.4 is 10.0 Å². The van der Waals surface area contributed by atoms with Crippen LogP contribution in [0.15, 0.2) is 74.6 Å². The molecule has 0 saturated heterocycles. The molecule has 0 fully saturated rings.